The number of nitrogens with zero attached hydrogens (tertiary/aromatic N) is 2. The summed E-state index contributed by atoms with van der Waals surface area (Å²) in [6.45, 7) is 4.21. The van der Waals surface area contributed by atoms with Crippen LogP contribution in [0.4, 0.5) is 10.2 Å². The number of carbonyl (C=O) groups excluding carboxylic acids is 1. The lowest BCUT2D eigenvalue weighted by Gasteiger charge is -2.17. The molecule has 1 aromatic carbocycles. The summed E-state index contributed by atoms with van der Waals surface area (Å²) in [5.41, 5.74) is 2.19. The molecule has 0 radical (unpaired) electrons. The van der Waals surface area contributed by atoms with Crippen LogP contribution >= 0.6 is 11.8 Å². The summed E-state index contributed by atoms with van der Waals surface area (Å²) in [6, 6.07) is 8.12. The van der Waals surface area contributed by atoms with Crippen LogP contribution in [-0.2, 0) is 6.54 Å². The lowest BCUT2D eigenvalue weighted by atomic mass is 10.1. The lowest BCUT2D eigenvalue weighted by molar-refractivity contribution is 0.0946. The van der Waals surface area contributed by atoms with Crippen LogP contribution in [0.2, 0.25) is 0 Å². The smallest absolute Gasteiger partial charge is 0.254 e. The second-order valence-corrected chi connectivity index (χ2v) is 6.87. The van der Waals surface area contributed by atoms with Crippen molar-refractivity contribution in [1.82, 2.24) is 10.3 Å². The third kappa shape index (κ3) is 4.47. The van der Waals surface area contributed by atoms with Gasteiger partial charge in [-0.25, -0.2) is 9.37 Å². The van der Waals surface area contributed by atoms with E-state index in [0.29, 0.717) is 5.56 Å². The molecule has 0 unspecified atom stereocenters. The molecule has 2 aromatic rings. The van der Waals surface area contributed by atoms with Gasteiger partial charge >= 0.3 is 0 Å². The Balaban J connectivity index is 2.24. The molecule has 1 heterocycles. The molecule has 0 aliphatic heterocycles. The first-order chi connectivity index (χ1) is 11.4. The zero-order valence-electron chi connectivity index (χ0n) is 14.4. The first-order valence-electron chi connectivity index (χ1n) is 7.76. The molecule has 0 atom stereocenters. The maximum Gasteiger partial charge on any atom is 0.254 e. The average molecular weight is 347 g/mol. The Bertz CT molecular complexity index is 734. The van der Waals surface area contributed by atoms with Crippen LogP contribution in [-0.4, -0.2) is 30.7 Å². The molecule has 1 N–H and O–H groups in total. The molecule has 128 valence electrons. The summed E-state index contributed by atoms with van der Waals surface area (Å²) in [5.74, 6) is 1.15. The number of aromatic nitrogens is 1. The predicted octanol–water partition coefficient (Wildman–Crippen LogP) is 3.64. The van der Waals surface area contributed by atoms with E-state index in [4.69, 9.17) is 0 Å². The second-order valence-electron chi connectivity index (χ2n) is 5.62. The minimum absolute atomic E-state index is 0.189. The zero-order chi connectivity index (χ0) is 17.7. The number of carbonyl (C=O) groups is 1. The number of hydrogen-bond acceptors (Lipinski definition) is 4. The molecule has 24 heavy (non-hydrogen) atoms. The second kappa shape index (κ2) is 8.15. The van der Waals surface area contributed by atoms with Gasteiger partial charge < -0.3 is 10.2 Å². The van der Waals surface area contributed by atoms with Gasteiger partial charge in [0.2, 0.25) is 0 Å². The highest BCUT2D eigenvalue weighted by atomic mass is 32.2. The SMILES string of the molecule is CCSc1nc(N(C)C)cc(C)c1C(=O)NCc1cccc(F)c1. The van der Waals surface area contributed by atoms with E-state index in [2.05, 4.69) is 10.3 Å². The van der Waals surface area contributed by atoms with Gasteiger partial charge in [0.25, 0.3) is 5.91 Å². The third-order valence-corrected chi connectivity index (χ3v) is 4.34. The molecule has 6 heteroatoms. The summed E-state index contributed by atoms with van der Waals surface area (Å²) in [6.07, 6.45) is 0. The number of thioether (sulfide) groups is 1. The van der Waals surface area contributed by atoms with Crippen LogP contribution in [0.5, 0.6) is 0 Å². The van der Waals surface area contributed by atoms with Crippen molar-refractivity contribution in [2.45, 2.75) is 25.4 Å². The number of rotatable bonds is 6. The van der Waals surface area contributed by atoms with E-state index in [-0.39, 0.29) is 18.3 Å². The molecule has 0 aliphatic carbocycles. The predicted molar refractivity (Wildman–Crippen MR) is 97.3 cm³/mol. The van der Waals surface area contributed by atoms with Crippen molar-refractivity contribution in [1.29, 1.82) is 0 Å². The Morgan fingerprint density at radius 3 is 2.71 bits per heavy atom. The summed E-state index contributed by atoms with van der Waals surface area (Å²) < 4.78 is 13.2. The van der Waals surface area contributed by atoms with Gasteiger partial charge in [-0.15, -0.1) is 11.8 Å². The number of benzene rings is 1. The Morgan fingerprint density at radius 2 is 2.08 bits per heavy atom. The number of amides is 1. The fraction of sp³-hybridized carbons (Fsp3) is 0.333. The standard InChI is InChI=1S/C18H22FN3OS/c1-5-24-18-16(12(2)9-15(21-18)22(3)4)17(23)20-11-13-7-6-8-14(19)10-13/h6-10H,5,11H2,1-4H3,(H,20,23). The fourth-order valence-electron chi connectivity index (χ4n) is 2.29. The van der Waals surface area contributed by atoms with Crippen LogP contribution in [0.3, 0.4) is 0 Å². The van der Waals surface area contributed by atoms with Gasteiger partial charge in [0, 0.05) is 20.6 Å². The summed E-state index contributed by atoms with van der Waals surface area (Å²) in [4.78, 5) is 19.1. The largest absolute Gasteiger partial charge is 0.363 e. The summed E-state index contributed by atoms with van der Waals surface area (Å²) >= 11 is 1.54. The number of anilines is 1. The minimum atomic E-state index is -0.308. The van der Waals surface area contributed by atoms with Crippen LogP contribution < -0.4 is 10.2 Å². The van der Waals surface area contributed by atoms with Crippen molar-refractivity contribution in [2.24, 2.45) is 0 Å². The molecular formula is C18H22FN3OS. The highest BCUT2D eigenvalue weighted by Crippen LogP contribution is 2.26. The molecule has 0 saturated heterocycles. The maximum atomic E-state index is 13.2. The Kier molecular flexibility index (Phi) is 6.20. The van der Waals surface area contributed by atoms with E-state index in [1.807, 2.05) is 38.9 Å². The highest BCUT2D eigenvalue weighted by Gasteiger charge is 2.18. The van der Waals surface area contributed by atoms with E-state index in [1.165, 1.54) is 12.1 Å². The third-order valence-electron chi connectivity index (χ3n) is 3.48. The molecule has 0 fully saturated rings. The fourth-order valence-corrected chi connectivity index (χ4v) is 3.12. The van der Waals surface area contributed by atoms with Crippen molar-refractivity contribution < 1.29 is 9.18 Å². The minimum Gasteiger partial charge on any atom is -0.363 e. The molecule has 1 amide bonds. The number of aryl methyl sites for hydroxylation is 1. The van der Waals surface area contributed by atoms with E-state index < -0.39 is 0 Å². The Morgan fingerprint density at radius 1 is 1.33 bits per heavy atom. The number of pyridine rings is 1. The van der Waals surface area contributed by atoms with Gasteiger partial charge in [-0.1, -0.05) is 19.1 Å². The van der Waals surface area contributed by atoms with E-state index in [1.54, 1.807) is 23.9 Å². The monoisotopic (exact) mass is 347 g/mol. The summed E-state index contributed by atoms with van der Waals surface area (Å²) in [7, 11) is 3.84. The molecule has 0 saturated carbocycles. The first-order valence-corrected chi connectivity index (χ1v) is 8.75. The van der Waals surface area contributed by atoms with Gasteiger partial charge in [0.15, 0.2) is 0 Å². The average Bonchev–Trinajstić information content (AvgIpc) is 2.52. The van der Waals surface area contributed by atoms with Gasteiger partial charge in [0.1, 0.15) is 16.7 Å². The lowest BCUT2D eigenvalue weighted by Crippen LogP contribution is -2.25. The number of halogens is 1. The molecule has 2 rings (SSSR count). The molecule has 1 aromatic heterocycles. The van der Waals surface area contributed by atoms with Crippen molar-refractivity contribution in [3.05, 3.63) is 52.8 Å². The first kappa shape index (κ1) is 18.3. The van der Waals surface area contributed by atoms with Crippen molar-refractivity contribution in [2.75, 3.05) is 24.7 Å². The molecule has 0 spiro atoms. The molecular weight excluding hydrogens is 325 g/mol. The highest BCUT2D eigenvalue weighted by molar-refractivity contribution is 7.99. The van der Waals surface area contributed by atoms with Gasteiger partial charge in [-0.05, 0) is 42.0 Å². The number of hydrogen-bond donors (Lipinski definition) is 1. The molecule has 0 aliphatic rings. The Labute approximate surface area is 146 Å². The molecule has 0 bridgehead atoms. The van der Waals surface area contributed by atoms with Crippen molar-refractivity contribution >= 4 is 23.5 Å². The quantitative estimate of drug-likeness (QED) is 0.811. The van der Waals surface area contributed by atoms with Crippen LogP contribution in [0.1, 0.15) is 28.4 Å². The zero-order valence-corrected chi connectivity index (χ0v) is 15.2. The summed E-state index contributed by atoms with van der Waals surface area (Å²) in [5, 5.41) is 3.58. The van der Waals surface area contributed by atoms with Crippen LogP contribution in [0, 0.1) is 12.7 Å². The van der Waals surface area contributed by atoms with Crippen LogP contribution in [0.25, 0.3) is 0 Å². The van der Waals surface area contributed by atoms with E-state index in [0.717, 1.165) is 27.7 Å². The Hall–Kier alpha value is -2.08. The van der Waals surface area contributed by atoms with Crippen LogP contribution in [0.15, 0.2) is 35.4 Å². The van der Waals surface area contributed by atoms with Crippen molar-refractivity contribution in [3.63, 3.8) is 0 Å². The van der Waals surface area contributed by atoms with Crippen molar-refractivity contribution in [3.8, 4) is 0 Å². The normalized spacial score (nSPS) is 10.5. The van der Waals surface area contributed by atoms with Gasteiger partial charge in [-0.2, -0.15) is 0 Å². The number of nitrogens with one attached hydrogen (secondary N) is 1. The van der Waals surface area contributed by atoms with E-state index >= 15 is 0 Å². The van der Waals surface area contributed by atoms with Gasteiger partial charge in [-0.3, -0.25) is 4.79 Å². The van der Waals surface area contributed by atoms with Gasteiger partial charge in [0.05, 0.1) is 5.56 Å². The van der Waals surface area contributed by atoms with E-state index in [9.17, 15) is 9.18 Å². The maximum absolute atomic E-state index is 13.2. The molecule has 4 nitrogen and oxygen atoms in total. The topological polar surface area (TPSA) is 45.2 Å².